The van der Waals surface area contributed by atoms with Gasteiger partial charge in [-0.25, -0.2) is 4.79 Å². The molecule has 1 saturated heterocycles. The molecule has 0 amide bonds. The van der Waals surface area contributed by atoms with Gasteiger partial charge in [0.05, 0.1) is 20.8 Å². The molecule has 0 bridgehead atoms. The van der Waals surface area contributed by atoms with Crippen LogP contribution in [-0.2, 0) is 30.6 Å². The van der Waals surface area contributed by atoms with Crippen LogP contribution in [-0.4, -0.2) is 45.1 Å². The molecule has 21 heavy (non-hydrogen) atoms. The molecule has 116 valence electrons. The summed E-state index contributed by atoms with van der Waals surface area (Å²) in [6.07, 6.45) is 0. The molecule has 1 heterocycles. The van der Waals surface area contributed by atoms with E-state index in [0.29, 0.717) is 11.3 Å². The summed E-state index contributed by atoms with van der Waals surface area (Å²) in [5.41, 5.74) is -0.659. The average Bonchev–Trinajstić information content (AvgIpc) is 2.72. The first-order valence-corrected chi connectivity index (χ1v) is 7.58. The molecule has 0 saturated carbocycles. The van der Waals surface area contributed by atoms with Gasteiger partial charge in [-0.3, -0.25) is 4.18 Å². The summed E-state index contributed by atoms with van der Waals surface area (Å²) in [5, 5.41) is 0. The summed E-state index contributed by atoms with van der Waals surface area (Å²) in [4.78, 5) is 11.9. The van der Waals surface area contributed by atoms with Crippen LogP contribution in [0.2, 0.25) is 0 Å². The molecule has 1 aromatic carbocycles. The van der Waals surface area contributed by atoms with Crippen molar-refractivity contribution in [1.82, 2.24) is 4.31 Å². The molecule has 8 heteroatoms. The van der Waals surface area contributed by atoms with Gasteiger partial charge in [0.1, 0.15) is 5.75 Å². The van der Waals surface area contributed by atoms with E-state index in [-0.39, 0.29) is 13.2 Å². The quantitative estimate of drug-likeness (QED) is 0.761. The van der Waals surface area contributed by atoms with Gasteiger partial charge >= 0.3 is 16.3 Å². The molecule has 1 aliphatic rings. The zero-order valence-electron chi connectivity index (χ0n) is 12.0. The standard InChI is InChI=1S/C13H17NO6S/c1-13(12(15)19-3)9-20-21(16,17)14(13)8-10-4-6-11(18-2)7-5-10/h4-7H,8-9H2,1-3H3. The Hall–Kier alpha value is -1.64. The Kier molecular flexibility index (Phi) is 4.22. The SMILES string of the molecule is COC(=O)C1(C)COS(=O)(=O)N1Cc1ccc(OC)cc1. The molecular formula is C13H17NO6S. The number of hydrogen-bond donors (Lipinski definition) is 0. The van der Waals surface area contributed by atoms with Gasteiger partial charge in [-0.2, -0.15) is 12.7 Å². The zero-order valence-corrected chi connectivity index (χ0v) is 12.8. The number of carbonyl (C=O) groups excluding carboxylic acids is 1. The average molecular weight is 315 g/mol. The van der Waals surface area contributed by atoms with Crippen molar-refractivity contribution in [2.45, 2.75) is 19.0 Å². The van der Waals surface area contributed by atoms with E-state index in [1.54, 1.807) is 31.4 Å². The molecule has 1 atom stereocenters. The van der Waals surface area contributed by atoms with Crippen LogP contribution in [0, 0.1) is 0 Å². The highest BCUT2D eigenvalue weighted by Crippen LogP contribution is 2.32. The van der Waals surface area contributed by atoms with E-state index in [0.717, 1.165) is 4.31 Å². The van der Waals surface area contributed by atoms with Gasteiger partial charge in [-0.15, -0.1) is 0 Å². The number of esters is 1. The lowest BCUT2D eigenvalue weighted by Crippen LogP contribution is -2.51. The van der Waals surface area contributed by atoms with Crippen molar-refractivity contribution in [2.24, 2.45) is 0 Å². The molecule has 1 aliphatic heterocycles. The number of benzene rings is 1. The second-order valence-electron chi connectivity index (χ2n) is 4.84. The molecule has 1 fully saturated rings. The van der Waals surface area contributed by atoms with Crippen molar-refractivity contribution < 1.29 is 26.9 Å². The third kappa shape index (κ3) is 2.87. The number of rotatable bonds is 4. The number of hydrogen-bond acceptors (Lipinski definition) is 6. The van der Waals surface area contributed by atoms with Crippen LogP contribution in [0.5, 0.6) is 5.75 Å². The molecule has 0 N–H and O–H groups in total. The van der Waals surface area contributed by atoms with Gasteiger partial charge in [0.25, 0.3) is 0 Å². The largest absolute Gasteiger partial charge is 0.497 e. The Morgan fingerprint density at radius 3 is 2.48 bits per heavy atom. The fourth-order valence-corrected chi connectivity index (χ4v) is 3.54. The molecular weight excluding hydrogens is 298 g/mol. The van der Waals surface area contributed by atoms with Crippen LogP contribution in [0.3, 0.4) is 0 Å². The van der Waals surface area contributed by atoms with Gasteiger partial charge in [0.15, 0.2) is 5.54 Å². The number of carbonyl (C=O) groups is 1. The first-order chi connectivity index (χ1) is 9.83. The molecule has 0 spiro atoms. The van der Waals surface area contributed by atoms with Crippen LogP contribution in [0.15, 0.2) is 24.3 Å². The fourth-order valence-electron chi connectivity index (χ4n) is 2.10. The smallest absolute Gasteiger partial charge is 0.339 e. The monoisotopic (exact) mass is 315 g/mol. The Morgan fingerprint density at radius 2 is 1.95 bits per heavy atom. The predicted octanol–water partition coefficient (Wildman–Crippen LogP) is 0.704. The molecule has 7 nitrogen and oxygen atoms in total. The Morgan fingerprint density at radius 1 is 1.33 bits per heavy atom. The van der Waals surface area contributed by atoms with Crippen molar-refractivity contribution in [3.05, 3.63) is 29.8 Å². The molecule has 1 aromatic rings. The van der Waals surface area contributed by atoms with E-state index < -0.39 is 21.8 Å². The van der Waals surface area contributed by atoms with E-state index in [4.69, 9.17) is 8.92 Å². The van der Waals surface area contributed by atoms with Gasteiger partial charge in [0, 0.05) is 6.54 Å². The third-order valence-electron chi connectivity index (χ3n) is 3.42. The summed E-state index contributed by atoms with van der Waals surface area (Å²) in [5.74, 6) is 0.00657. The fraction of sp³-hybridized carbons (Fsp3) is 0.462. The third-order valence-corrected chi connectivity index (χ3v) is 4.91. The minimum Gasteiger partial charge on any atom is -0.497 e. The summed E-state index contributed by atoms with van der Waals surface area (Å²) in [6, 6.07) is 6.89. The zero-order chi connectivity index (χ0) is 15.7. The van der Waals surface area contributed by atoms with E-state index in [2.05, 4.69) is 4.74 Å². The first-order valence-electron chi connectivity index (χ1n) is 6.22. The van der Waals surface area contributed by atoms with Crippen LogP contribution < -0.4 is 4.74 Å². The number of methoxy groups -OCH3 is 2. The second kappa shape index (κ2) is 5.63. The lowest BCUT2D eigenvalue weighted by Gasteiger charge is -2.28. The molecule has 1 unspecified atom stereocenters. The molecule has 0 aliphatic carbocycles. The topological polar surface area (TPSA) is 82.1 Å². The van der Waals surface area contributed by atoms with Gasteiger partial charge in [-0.05, 0) is 24.6 Å². The Balaban J connectivity index is 2.30. The molecule has 0 radical (unpaired) electrons. The maximum absolute atomic E-state index is 12.0. The first kappa shape index (κ1) is 15.7. The van der Waals surface area contributed by atoms with Crippen LogP contribution >= 0.6 is 0 Å². The maximum Gasteiger partial charge on any atom is 0.339 e. The summed E-state index contributed by atoms with van der Waals surface area (Å²) in [6.45, 7) is 1.23. The molecule has 2 rings (SSSR count). The lowest BCUT2D eigenvalue weighted by molar-refractivity contribution is -0.151. The minimum atomic E-state index is -3.96. The second-order valence-corrected chi connectivity index (χ2v) is 6.37. The van der Waals surface area contributed by atoms with Crippen LogP contribution in [0.1, 0.15) is 12.5 Å². The Bertz CT molecular complexity index is 627. The summed E-state index contributed by atoms with van der Waals surface area (Å²) >= 11 is 0. The lowest BCUT2D eigenvalue weighted by atomic mass is 10.0. The summed E-state index contributed by atoms with van der Waals surface area (Å²) < 4.78 is 39.5. The van der Waals surface area contributed by atoms with Crippen molar-refractivity contribution in [3.63, 3.8) is 0 Å². The normalized spacial score (nSPS) is 24.7. The Labute approximate surface area is 123 Å². The van der Waals surface area contributed by atoms with Gasteiger partial charge in [0.2, 0.25) is 0 Å². The van der Waals surface area contributed by atoms with Gasteiger partial charge < -0.3 is 9.47 Å². The summed E-state index contributed by atoms with van der Waals surface area (Å²) in [7, 11) is -1.21. The van der Waals surface area contributed by atoms with E-state index in [9.17, 15) is 13.2 Å². The predicted molar refractivity (Wildman–Crippen MR) is 73.8 cm³/mol. The van der Waals surface area contributed by atoms with Crippen molar-refractivity contribution in [1.29, 1.82) is 0 Å². The van der Waals surface area contributed by atoms with E-state index >= 15 is 0 Å². The minimum absolute atomic E-state index is 0.0118. The highest BCUT2D eigenvalue weighted by molar-refractivity contribution is 7.84. The van der Waals surface area contributed by atoms with Crippen LogP contribution in [0.4, 0.5) is 0 Å². The highest BCUT2D eigenvalue weighted by Gasteiger charge is 2.54. The van der Waals surface area contributed by atoms with Crippen molar-refractivity contribution in [3.8, 4) is 5.75 Å². The van der Waals surface area contributed by atoms with Crippen molar-refractivity contribution >= 4 is 16.3 Å². The maximum atomic E-state index is 12.0. The van der Waals surface area contributed by atoms with Crippen molar-refractivity contribution in [2.75, 3.05) is 20.8 Å². The molecule has 0 aromatic heterocycles. The van der Waals surface area contributed by atoms with Crippen LogP contribution in [0.25, 0.3) is 0 Å². The highest BCUT2D eigenvalue weighted by atomic mass is 32.2. The van der Waals surface area contributed by atoms with E-state index in [1.807, 2.05) is 0 Å². The number of ether oxygens (including phenoxy) is 2. The van der Waals surface area contributed by atoms with E-state index in [1.165, 1.54) is 14.0 Å². The van der Waals surface area contributed by atoms with Gasteiger partial charge in [-0.1, -0.05) is 12.1 Å². The number of nitrogens with zero attached hydrogens (tertiary/aromatic N) is 1.